The molecule has 0 bridgehead atoms. The van der Waals surface area contributed by atoms with Gasteiger partial charge in [0.25, 0.3) is 0 Å². The van der Waals surface area contributed by atoms with E-state index in [4.69, 9.17) is 4.98 Å². The number of anilines is 1. The number of hydrogen-bond donors (Lipinski definition) is 2. The number of thiophene rings is 1. The first-order valence-electron chi connectivity index (χ1n) is 9.31. The summed E-state index contributed by atoms with van der Waals surface area (Å²) < 4.78 is 0. The van der Waals surface area contributed by atoms with Gasteiger partial charge in [-0.05, 0) is 60.9 Å². The summed E-state index contributed by atoms with van der Waals surface area (Å²) in [5, 5.41) is 7.70. The maximum atomic E-state index is 12.2. The molecular formula is C21H22N4OS. The molecule has 0 aliphatic heterocycles. The van der Waals surface area contributed by atoms with E-state index in [1.54, 1.807) is 17.4 Å². The first-order valence-corrected chi connectivity index (χ1v) is 10.2. The van der Waals surface area contributed by atoms with Crippen molar-refractivity contribution >= 4 is 23.2 Å². The second-order valence-electron chi connectivity index (χ2n) is 6.63. The number of aryl methyl sites for hydroxylation is 2. The lowest BCUT2D eigenvalue weighted by atomic mass is 9.96. The molecule has 0 spiro atoms. The van der Waals surface area contributed by atoms with Crippen molar-refractivity contribution in [3.05, 3.63) is 64.8 Å². The molecule has 3 heterocycles. The van der Waals surface area contributed by atoms with E-state index in [2.05, 4.69) is 27.8 Å². The van der Waals surface area contributed by atoms with E-state index in [0.29, 0.717) is 12.4 Å². The molecule has 3 aromatic rings. The number of carbonyl (C=O) groups excluding carboxylic acids is 1. The predicted molar refractivity (Wildman–Crippen MR) is 109 cm³/mol. The van der Waals surface area contributed by atoms with Crippen molar-refractivity contribution < 1.29 is 4.79 Å². The van der Waals surface area contributed by atoms with Crippen LogP contribution in [0.5, 0.6) is 0 Å². The number of aromatic nitrogens is 2. The second kappa shape index (κ2) is 8.31. The highest BCUT2D eigenvalue weighted by Gasteiger charge is 2.11. The molecule has 0 radical (unpaired) electrons. The number of nitrogens with one attached hydrogen (secondary N) is 2. The Hall–Kier alpha value is -2.73. The van der Waals surface area contributed by atoms with Crippen molar-refractivity contribution in [2.24, 2.45) is 0 Å². The zero-order valence-electron chi connectivity index (χ0n) is 15.1. The minimum absolute atomic E-state index is 0.246. The maximum absolute atomic E-state index is 12.2. The quantitative estimate of drug-likeness (QED) is 0.689. The third-order valence-electron chi connectivity index (χ3n) is 4.67. The van der Waals surface area contributed by atoms with E-state index in [-0.39, 0.29) is 6.03 Å². The van der Waals surface area contributed by atoms with Crippen molar-refractivity contribution in [1.29, 1.82) is 0 Å². The average Bonchev–Trinajstić information content (AvgIpc) is 3.23. The van der Waals surface area contributed by atoms with Crippen LogP contribution >= 0.6 is 11.3 Å². The Morgan fingerprint density at radius 3 is 2.85 bits per heavy atom. The number of amides is 2. The molecule has 1 aliphatic carbocycles. The van der Waals surface area contributed by atoms with Gasteiger partial charge >= 0.3 is 6.03 Å². The average molecular weight is 379 g/mol. The van der Waals surface area contributed by atoms with Gasteiger partial charge < -0.3 is 5.32 Å². The molecule has 2 N–H and O–H groups in total. The number of fused-ring (bicyclic) bond motifs is 1. The van der Waals surface area contributed by atoms with E-state index in [0.717, 1.165) is 35.5 Å². The zero-order valence-corrected chi connectivity index (χ0v) is 15.9. The van der Waals surface area contributed by atoms with Gasteiger partial charge in [0.2, 0.25) is 0 Å². The Bertz CT molecular complexity index is 924. The molecule has 0 saturated heterocycles. The van der Waals surface area contributed by atoms with Crippen molar-refractivity contribution in [3.63, 3.8) is 0 Å². The fourth-order valence-corrected chi connectivity index (χ4v) is 3.99. The Labute approximate surface area is 162 Å². The second-order valence-corrected chi connectivity index (χ2v) is 7.58. The van der Waals surface area contributed by atoms with Crippen LogP contribution in [-0.2, 0) is 19.3 Å². The van der Waals surface area contributed by atoms with Crippen molar-refractivity contribution in [1.82, 2.24) is 15.3 Å². The van der Waals surface area contributed by atoms with Gasteiger partial charge in [0.1, 0.15) is 5.82 Å². The third-order valence-corrected chi connectivity index (χ3v) is 5.56. The molecule has 1 aliphatic rings. The van der Waals surface area contributed by atoms with Gasteiger partial charge in [-0.3, -0.25) is 10.3 Å². The molecule has 2 amide bonds. The first kappa shape index (κ1) is 17.7. The van der Waals surface area contributed by atoms with Crippen molar-refractivity contribution in [2.45, 2.75) is 32.1 Å². The summed E-state index contributed by atoms with van der Waals surface area (Å²) in [5.74, 6) is 0.547. The van der Waals surface area contributed by atoms with Gasteiger partial charge in [-0.2, -0.15) is 0 Å². The molecule has 0 atom stereocenters. The predicted octanol–water partition coefficient (Wildman–Crippen LogP) is 4.45. The van der Waals surface area contributed by atoms with Crippen LogP contribution in [0.1, 0.15) is 29.8 Å². The SMILES string of the molecule is O=C(NCCc1ccc2c(n1)CCCC2)Nc1cccc(-c2cccs2)n1. The Kier molecular flexibility index (Phi) is 5.44. The molecule has 0 fully saturated rings. The number of carbonyl (C=O) groups is 1. The van der Waals surface area contributed by atoms with E-state index < -0.39 is 0 Å². The van der Waals surface area contributed by atoms with Crippen LogP contribution in [-0.4, -0.2) is 22.5 Å². The van der Waals surface area contributed by atoms with Crippen molar-refractivity contribution in [3.8, 4) is 10.6 Å². The van der Waals surface area contributed by atoms with E-state index >= 15 is 0 Å². The number of rotatable bonds is 5. The summed E-state index contributed by atoms with van der Waals surface area (Å²) in [6, 6.07) is 13.7. The molecule has 0 saturated carbocycles. The van der Waals surface area contributed by atoms with Crippen LogP contribution in [0.4, 0.5) is 10.6 Å². The normalized spacial score (nSPS) is 13.0. The largest absolute Gasteiger partial charge is 0.337 e. The molecule has 138 valence electrons. The Morgan fingerprint density at radius 1 is 1.04 bits per heavy atom. The molecule has 4 rings (SSSR count). The zero-order chi connectivity index (χ0) is 18.5. The smallest absolute Gasteiger partial charge is 0.320 e. The molecule has 5 nitrogen and oxygen atoms in total. The minimum atomic E-state index is -0.246. The third kappa shape index (κ3) is 4.52. The lowest BCUT2D eigenvalue weighted by Crippen LogP contribution is -2.31. The highest BCUT2D eigenvalue weighted by molar-refractivity contribution is 7.13. The lowest BCUT2D eigenvalue weighted by Gasteiger charge is -2.15. The fourth-order valence-electron chi connectivity index (χ4n) is 3.30. The lowest BCUT2D eigenvalue weighted by molar-refractivity contribution is 0.252. The summed E-state index contributed by atoms with van der Waals surface area (Å²) >= 11 is 1.63. The number of hydrogen-bond acceptors (Lipinski definition) is 4. The summed E-state index contributed by atoms with van der Waals surface area (Å²) in [7, 11) is 0. The Morgan fingerprint density at radius 2 is 1.96 bits per heavy atom. The molecule has 6 heteroatoms. The summed E-state index contributed by atoms with van der Waals surface area (Å²) in [6.45, 7) is 0.544. The van der Waals surface area contributed by atoms with Crippen LogP contribution < -0.4 is 10.6 Å². The van der Waals surface area contributed by atoms with Crippen molar-refractivity contribution in [2.75, 3.05) is 11.9 Å². The summed E-state index contributed by atoms with van der Waals surface area (Å²) in [6.07, 6.45) is 5.42. The van der Waals surface area contributed by atoms with Crippen LogP contribution in [0.25, 0.3) is 10.6 Å². The van der Waals surface area contributed by atoms with Crippen LogP contribution in [0.3, 0.4) is 0 Å². The van der Waals surface area contributed by atoms with Gasteiger partial charge in [0, 0.05) is 24.4 Å². The number of pyridine rings is 2. The topological polar surface area (TPSA) is 66.9 Å². The highest BCUT2D eigenvalue weighted by Crippen LogP contribution is 2.23. The maximum Gasteiger partial charge on any atom is 0.320 e. The fraction of sp³-hybridized carbons (Fsp3) is 0.286. The summed E-state index contributed by atoms with van der Waals surface area (Å²) in [5.41, 5.74) is 4.51. The van der Waals surface area contributed by atoms with E-state index in [1.807, 2.05) is 29.6 Å². The first-order chi connectivity index (χ1) is 13.3. The van der Waals surface area contributed by atoms with Gasteiger partial charge in [0.15, 0.2) is 0 Å². The van der Waals surface area contributed by atoms with E-state index in [1.165, 1.54) is 24.1 Å². The molecular weight excluding hydrogens is 356 g/mol. The number of nitrogens with zero attached hydrogens (tertiary/aromatic N) is 2. The van der Waals surface area contributed by atoms with Crippen LogP contribution in [0, 0.1) is 0 Å². The Balaban J connectivity index is 1.29. The molecule has 0 aromatic carbocycles. The van der Waals surface area contributed by atoms with Crippen LogP contribution in [0.2, 0.25) is 0 Å². The highest BCUT2D eigenvalue weighted by atomic mass is 32.1. The molecule has 0 unspecified atom stereocenters. The van der Waals surface area contributed by atoms with Gasteiger partial charge in [-0.25, -0.2) is 9.78 Å². The van der Waals surface area contributed by atoms with Gasteiger partial charge in [0.05, 0.1) is 10.6 Å². The number of urea groups is 1. The van der Waals surface area contributed by atoms with Gasteiger partial charge in [-0.1, -0.05) is 18.2 Å². The van der Waals surface area contributed by atoms with E-state index in [9.17, 15) is 4.79 Å². The monoisotopic (exact) mass is 378 g/mol. The van der Waals surface area contributed by atoms with Crippen LogP contribution in [0.15, 0.2) is 47.8 Å². The summed E-state index contributed by atoms with van der Waals surface area (Å²) in [4.78, 5) is 22.5. The molecule has 27 heavy (non-hydrogen) atoms. The standard InChI is InChI=1S/C21H22N4OS/c26-21(25-20-9-3-7-18(24-20)19-8-4-14-27-19)22-13-12-16-11-10-15-5-1-2-6-17(15)23-16/h3-4,7-11,14H,1-2,5-6,12-13H2,(H2,22,24,25,26). The molecule has 3 aromatic heterocycles. The van der Waals surface area contributed by atoms with Gasteiger partial charge in [-0.15, -0.1) is 11.3 Å². The minimum Gasteiger partial charge on any atom is -0.337 e.